The van der Waals surface area contributed by atoms with Gasteiger partial charge < -0.3 is 31.3 Å². The zero-order valence-electron chi connectivity index (χ0n) is 19.1. The van der Waals surface area contributed by atoms with E-state index in [1.165, 1.54) is 21.4 Å². The predicted molar refractivity (Wildman–Crippen MR) is 137 cm³/mol. The van der Waals surface area contributed by atoms with Gasteiger partial charge in [0.05, 0.1) is 10.6 Å². The van der Waals surface area contributed by atoms with Crippen molar-refractivity contribution in [3.8, 4) is 10.6 Å². The summed E-state index contributed by atoms with van der Waals surface area (Å²) in [5, 5.41) is 38.7. The zero-order chi connectivity index (χ0) is 26.1. The van der Waals surface area contributed by atoms with Crippen LogP contribution in [0, 0.1) is 0 Å². The third kappa shape index (κ3) is 7.92. The van der Waals surface area contributed by atoms with Crippen LogP contribution in [-0.2, 0) is 14.4 Å². The summed E-state index contributed by atoms with van der Waals surface area (Å²) in [6.07, 6.45) is 0.490. The SMILES string of the molecule is O=C(O)CC[C@H](NC(=O)N[C@@H](CCCCNc1nc(-c2cc3ccccc3s2)cs1)C(=O)O)C(=O)O. The molecule has 0 aliphatic carbocycles. The molecule has 36 heavy (non-hydrogen) atoms. The van der Waals surface area contributed by atoms with E-state index in [1.54, 1.807) is 11.3 Å². The van der Waals surface area contributed by atoms with Crippen molar-refractivity contribution in [3.05, 3.63) is 35.7 Å². The third-order valence-corrected chi connectivity index (χ3v) is 7.17. The molecule has 3 rings (SSSR count). The van der Waals surface area contributed by atoms with Crippen LogP contribution in [0.4, 0.5) is 9.93 Å². The second-order valence-corrected chi connectivity index (χ2v) is 9.88. The van der Waals surface area contributed by atoms with Gasteiger partial charge in [0.2, 0.25) is 0 Å². The fraction of sp³-hybridized carbons (Fsp3) is 0.348. The maximum Gasteiger partial charge on any atom is 0.326 e. The molecule has 11 nitrogen and oxygen atoms in total. The maximum atomic E-state index is 12.1. The number of aliphatic carboxylic acids is 3. The van der Waals surface area contributed by atoms with Crippen molar-refractivity contribution in [2.45, 2.75) is 44.2 Å². The number of urea groups is 1. The summed E-state index contributed by atoms with van der Waals surface area (Å²) in [6.45, 7) is 0.564. The number of carbonyl (C=O) groups excluding carboxylic acids is 1. The highest BCUT2D eigenvalue weighted by atomic mass is 32.1. The van der Waals surface area contributed by atoms with Crippen LogP contribution in [0.1, 0.15) is 32.1 Å². The fourth-order valence-corrected chi connectivity index (χ4v) is 5.22. The van der Waals surface area contributed by atoms with E-state index in [1.807, 2.05) is 17.5 Å². The number of hydrogen-bond donors (Lipinski definition) is 6. The molecule has 0 radical (unpaired) electrons. The molecule has 2 aromatic heterocycles. The summed E-state index contributed by atoms with van der Waals surface area (Å²) in [5.41, 5.74) is 0.896. The number of amides is 2. The molecule has 2 amide bonds. The minimum absolute atomic E-state index is 0.141. The molecular weight excluding hydrogens is 508 g/mol. The Morgan fingerprint density at radius 3 is 2.31 bits per heavy atom. The lowest BCUT2D eigenvalue weighted by atomic mass is 10.1. The summed E-state index contributed by atoms with van der Waals surface area (Å²) in [7, 11) is 0. The average molecular weight is 535 g/mol. The summed E-state index contributed by atoms with van der Waals surface area (Å²) in [4.78, 5) is 51.1. The Balaban J connectivity index is 1.41. The van der Waals surface area contributed by atoms with E-state index in [-0.39, 0.29) is 12.8 Å². The first kappa shape index (κ1) is 26.9. The van der Waals surface area contributed by atoms with Crippen molar-refractivity contribution < 1.29 is 34.5 Å². The Kier molecular flexibility index (Phi) is 9.59. The van der Waals surface area contributed by atoms with E-state index >= 15 is 0 Å². The summed E-state index contributed by atoms with van der Waals surface area (Å²) in [6, 6.07) is 6.62. The molecule has 1 aromatic carbocycles. The zero-order valence-corrected chi connectivity index (χ0v) is 20.7. The first-order chi connectivity index (χ1) is 17.2. The minimum Gasteiger partial charge on any atom is -0.481 e. The van der Waals surface area contributed by atoms with Crippen molar-refractivity contribution in [2.24, 2.45) is 0 Å². The van der Waals surface area contributed by atoms with E-state index in [2.05, 4.69) is 39.1 Å². The molecule has 0 aliphatic rings. The molecule has 192 valence electrons. The Bertz CT molecular complexity index is 1190. The van der Waals surface area contributed by atoms with Gasteiger partial charge in [-0.3, -0.25) is 4.79 Å². The van der Waals surface area contributed by atoms with Crippen LogP contribution in [0.3, 0.4) is 0 Å². The van der Waals surface area contributed by atoms with Gasteiger partial charge >= 0.3 is 23.9 Å². The number of benzene rings is 1. The number of nitrogens with zero attached hydrogens (tertiary/aromatic N) is 1. The van der Waals surface area contributed by atoms with Crippen LogP contribution in [0.25, 0.3) is 20.7 Å². The van der Waals surface area contributed by atoms with Gasteiger partial charge in [0.25, 0.3) is 0 Å². The Morgan fingerprint density at radius 1 is 0.944 bits per heavy atom. The lowest BCUT2D eigenvalue weighted by molar-refractivity contribution is -0.140. The van der Waals surface area contributed by atoms with Crippen molar-refractivity contribution in [1.29, 1.82) is 0 Å². The molecule has 0 spiro atoms. The van der Waals surface area contributed by atoms with Gasteiger partial charge in [0.1, 0.15) is 12.1 Å². The van der Waals surface area contributed by atoms with Crippen LogP contribution in [0.5, 0.6) is 0 Å². The van der Waals surface area contributed by atoms with Gasteiger partial charge in [-0.05, 0) is 43.2 Å². The first-order valence-electron chi connectivity index (χ1n) is 11.2. The van der Waals surface area contributed by atoms with Crippen LogP contribution >= 0.6 is 22.7 Å². The molecule has 0 saturated heterocycles. The van der Waals surface area contributed by atoms with Gasteiger partial charge in [0, 0.05) is 23.0 Å². The minimum atomic E-state index is -1.43. The molecule has 6 N–H and O–H groups in total. The monoisotopic (exact) mass is 534 g/mol. The Morgan fingerprint density at radius 2 is 1.64 bits per heavy atom. The normalized spacial score (nSPS) is 12.6. The van der Waals surface area contributed by atoms with Crippen molar-refractivity contribution >= 4 is 61.8 Å². The summed E-state index contributed by atoms with van der Waals surface area (Å²) >= 11 is 3.16. The van der Waals surface area contributed by atoms with Crippen LogP contribution in [-0.4, -0.2) is 62.9 Å². The van der Waals surface area contributed by atoms with Gasteiger partial charge in [0.15, 0.2) is 5.13 Å². The number of aromatic nitrogens is 1. The van der Waals surface area contributed by atoms with E-state index in [9.17, 15) is 24.3 Å². The average Bonchev–Trinajstić information content (AvgIpc) is 3.47. The number of thiophene rings is 1. The van der Waals surface area contributed by atoms with E-state index in [4.69, 9.17) is 10.2 Å². The van der Waals surface area contributed by atoms with Gasteiger partial charge in [-0.15, -0.1) is 22.7 Å². The molecule has 2 heterocycles. The van der Waals surface area contributed by atoms with Gasteiger partial charge in [-0.2, -0.15) is 0 Å². The van der Waals surface area contributed by atoms with E-state index in [0.717, 1.165) is 15.7 Å². The number of anilines is 1. The van der Waals surface area contributed by atoms with Crippen molar-refractivity contribution in [2.75, 3.05) is 11.9 Å². The highest BCUT2D eigenvalue weighted by molar-refractivity contribution is 7.22. The van der Waals surface area contributed by atoms with Gasteiger partial charge in [-0.1, -0.05) is 18.2 Å². The number of carbonyl (C=O) groups is 4. The number of carboxylic acids is 3. The summed E-state index contributed by atoms with van der Waals surface area (Å²) < 4.78 is 1.20. The quantitative estimate of drug-likeness (QED) is 0.168. The van der Waals surface area contributed by atoms with Crippen molar-refractivity contribution in [3.63, 3.8) is 0 Å². The molecule has 0 saturated carbocycles. The molecule has 0 unspecified atom stereocenters. The Hall–Kier alpha value is -3.71. The van der Waals surface area contributed by atoms with Crippen LogP contribution < -0.4 is 16.0 Å². The van der Waals surface area contributed by atoms with Gasteiger partial charge in [-0.25, -0.2) is 19.4 Å². The molecule has 2 atom stereocenters. The number of hydrogen-bond acceptors (Lipinski definition) is 8. The summed E-state index contributed by atoms with van der Waals surface area (Å²) in [5.74, 6) is -3.85. The highest BCUT2D eigenvalue weighted by Crippen LogP contribution is 2.34. The number of fused-ring (bicyclic) bond motifs is 1. The topological polar surface area (TPSA) is 178 Å². The molecule has 13 heteroatoms. The highest BCUT2D eigenvalue weighted by Gasteiger charge is 2.24. The molecular formula is C23H26N4O7S2. The fourth-order valence-electron chi connectivity index (χ4n) is 3.39. The van der Waals surface area contributed by atoms with E-state index in [0.29, 0.717) is 19.4 Å². The Labute approximate surface area is 214 Å². The number of carboxylic acid groups (broad SMARTS) is 3. The first-order valence-corrected chi connectivity index (χ1v) is 12.9. The molecule has 3 aromatic rings. The lowest BCUT2D eigenvalue weighted by Gasteiger charge is -2.18. The number of thiazole rings is 1. The predicted octanol–water partition coefficient (Wildman–Crippen LogP) is 3.68. The second kappa shape index (κ2) is 12.8. The number of rotatable bonds is 14. The lowest BCUT2D eigenvalue weighted by Crippen LogP contribution is -2.51. The smallest absolute Gasteiger partial charge is 0.326 e. The maximum absolute atomic E-state index is 12.1. The number of nitrogens with one attached hydrogen (secondary N) is 3. The molecule has 0 bridgehead atoms. The van der Waals surface area contributed by atoms with E-state index < -0.39 is 42.4 Å². The third-order valence-electron chi connectivity index (χ3n) is 5.23. The molecule has 0 fully saturated rings. The van der Waals surface area contributed by atoms with Crippen LogP contribution in [0.15, 0.2) is 35.7 Å². The number of unbranched alkanes of at least 4 members (excludes halogenated alkanes) is 1. The van der Waals surface area contributed by atoms with Crippen molar-refractivity contribution in [1.82, 2.24) is 15.6 Å². The second-order valence-electron chi connectivity index (χ2n) is 7.94. The molecule has 0 aliphatic heterocycles. The largest absolute Gasteiger partial charge is 0.481 e. The standard InChI is InChI=1S/C23H26N4O7S2/c28-19(29)9-8-15(21(32)33)26-22(34)25-14(20(30)31)6-3-4-10-24-23-27-16(12-35-23)18-11-13-5-1-2-7-17(13)36-18/h1-2,5,7,11-12,14-15H,3-4,6,8-10H2,(H,24,27)(H,28,29)(H,30,31)(H,32,33)(H2,25,26,34)/t14-,15-/m0/s1. The van der Waals surface area contributed by atoms with Crippen LogP contribution in [0.2, 0.25) is 0 Å².